The Labute approximate surface area is 214 Å². The Bertz CT molecular complexity index is 1640. The van der Waals surface area contributed by atoms with Gasteiger partial charge in [-0.2, -0.15) is 4.31 Å². The first-order chi connectivity index (χ1) is 17.3. The minimum absolute atomic E-state index is 0.148. The van der Waals surface area contributed by atoms with Crippen LogP contribution in [0, 0.1) is 0 Å². The average Bonchev–Trinajstić information content (AvgIpc) is 3.30. The van der Waals surface area contributed by atoms with Crippen molar-refractivity contribution >= 4 is 53.4 Å². The number of amides is 1. The molecule has 1 amide bonds. The van der Waals surface area contributed by atoms with Gasteiger partial charge >= 0.3 is 0 Å². The molecule has 36 heavy (non-hydrogen) atoms. The third-order valence-electron chi connectivity index (χ3n) is 5.98. The van der Waals surface area contributed by atoms with E-state index in [1.54, 1.807) is 0 Å². The maximum absolute atomic E-state index is 13.4. The molecule has 5 rings (SSSR count). The molecule has 0 aliphatic rings. The third-order valence-corrected chi connectivity index (χ3v) is 9.04. The standard InChI is InChI=1S/C28H25N3O3S2/c1-19(2)31(18-20-8-4-3-5-9-20)36(33,34)23-15-12-22(13-16-23)27(32)30-28-29-25-17-14-21-10-6-7-11-24(21)26(25)35-28/h3-17,19H,18H2,1-2H3,(H,29,30,32). The lowest BCUT2D eigenvalue weighted by molar-refractivity contribution is 0.102. The number of hydrogen-bond acceptors (Lipinski definition) is 5. The quantitative estimate of drug-likeness (QED) is 0.276. The van der Waals surface area contributed by atoms with Gasteiger partial charge in [-0.05, 0) is 55.1 Å². The summed E-state index contributed by atoms with van der Waals surface area (Å²) < 4.78 is 29.2. The predicted molar refractivity (Wildman–Crippen MR) is 146 cm³/mol. The number of nitrogens with zero attached hydrogens (tertiary/aromatic N) is 2. The summed E-state index contributed by atoms with van der Waals surface area (Å²) in [5.74, 6) is -0.340. The Balaban J connectivity index is 1.36. The van der Waals surface area contributed by atoms with E-state index in [1.165, 1.54) is 39.9 Å². The van der Waals surface area contributed by atoms with E-state index in [1.807, 2.05) is 80.6 Å². The number of carbonyl (C=O) groups is 1. The predicted octanol–water partition coefficient (Wildman–Crippen LogP) is 6.30. The summed E-state index contributed by atoms with van der Waals surface area (Å²) in [5, 5.41) is 5.56. The molecule has 0 saturated carbocycles. The van der Waals surface area contributed by atoms with Crippen molar-refractivity contribution in [1.82, 2.24) is 9.29 Å². The smallest absolute Gasteiger partial charge is 0.257 e. The number of fused-ring (bicyclic) bond motifs is 3. The molecule has 8 heteroatoms. The molecule has 6 nitrogen and oxygen atoms in total. The van der Waals surface area contributed by atoms with Crippen LogP contribution in [0.4, 0.5) is 5.13 Å². The average molecular weight is 516 g/mol. The molecular formula is C28H25N3O3S2. The number of thiazole rings is 1. The Kier molecular flexibility index (Phi) is 6.57. The second-order valence-electron chi connectivity index (χ2n) is 8.76. The fourth-order valence-corrected chi connectivity index (χ4v) is 6.72. The van der Waals surface area contributed by atoms with Gasteiger partial charge in [-0.25, -0.2) is 13.4 Å². The highest BCUT2D eigenvalue weighted by Gasteiger charge is 2.27. The topological polar surface area (TPSA) is 79.4 Å². The van der Waals surface area contributed by atoms with E-state index in [0.717, 1.165) is 26.6 Å². The minimum Gasteiger partial charge on any atom is -0.298 e. The number of hydrogen-bond donors (Lipinski definition) is 1. The minimum atomic E-state index is -3.75. The number of benzene rings is 4. The van der Waals surface area contributed by atoms with E-state index < -0.39 is 10.0 Å². The summed E-state index contributed by atoms with van der Waals surface area (Å²) >= 11 is 1.42. The zero-order valence-electron chi connectivity index (χ0n) is 19.9. The molecule has 0 atom stereocenters. The van der Waals surface area contributed by atoms with Gasteiger partial charge in [0.05, 0.1) is 15.1 Å². The first-order valence-electron chi connectivity index (χ1n) is 11.6. The Morgan fingerprint density at radius 3 is 2.33 bits per heavy atom. The van der Waals surface area contributed by atoms with Crippen molar-refractivity contribution in [2.24, 2.45) is 0 Å². The van der Waals surface area contributed by atoms with Crippen molar-refractivity contribution in [1.29, 1.82) is 0 Å². The second-order valence-corrected chi connectivity index (χ2v) is 11.7. The normalized spacial score (nSPS) is 12.0. The highest BCUT2D eigenvalue weighted by molar-refractivity contribution is 7.89. The maximum Gasteiger partial charge on any atom is 0.257 e. The molecule has 0 spiro atoms. The summed E-state index contributed by atoms with van der Waals surface area (Å²) in [6.07, 6.45) is 0. The van der Waals surface area contributed by atoms with Gasteiger partial charge in [0, 0.05) is 23.5 Å². The van der Waals surface area contributed by atoms with Gasteiger partial charge in [-0.15, -0.1) is 0 Å². The molecular weight excluding hydrogens is 490 g/mol. The fourth-order valence-electron chi connectivity index (χ4n) is 4.10. The van der Waals surface area contributed by atoms with Crippen molar-refractivity contribution in [2.75, 3.05) is 5.32 Å². The molecule has 4 aromatic carbocycles. The van der Waals surface area contributed by atoms with Gasteiger partial charge in [0.15, 0.2) is 5.13 Å². The van der Waals surface area contributed by atoms with E-state index in [0.29, 0.717) is 10.7 Å². The molecule has 0 bridgehead atoms. The molecule has 0 fully saturated rings. The van der Waals surface area contributed by atoms with Gasteiger partial charge in [0.1, 0.15) is 0 Å². The zero-order valence-corrected chi connectivity index (χ0v) is 21.5. The van der Waals surface area contributed by atoms with Gasteiger partial charge in [0.2, 0.25) is 10.0 Å². The van der Waals surface area contributed by atoms with E-state index in [2.05, 4.69) is 10.3 Å². The third kappa shape index (κ3) is 4.75. The molecule has 0 unspecified atom stereocenters. The second kappa shape index (κ2) is 9.81. The first kappa shape index (κ1) is 24.1. The number of rotatable bonds is 7. The van der Waals surface area contributed by atoms with Crippen molar-refractivity contribution in [2.45, 2.75) is 31.3 Å². The lowest BCUT2D eigenvalue weighted by Crippen LogP contribution is -2.36. The Morgan fingerprint density at radius 2 is 1.61 bits per heavy atom. The van der Waals surface area contributed by atoms with E-state index in [-0.39, 0.29) is 23.4 Å². The first-order valence-corrected chi connectivity index (χ1v) is 13.8. The summed E-state index contributed by atoms with van der Waals surface area (Å²) in [6.45, 7) is 3.97. The SMILES string of the molecule is CC(C)N(Cc1ccccc1)S(=O)(=O)c1ccc(C(=O)Nc2nc3ccc4ccccc4c3s2)cc1. The van der Waals surface area contributed by atoms with Gasteiger partial charge in [-0.3, -0.25) is 10.1 Å². The Morgan fingerprint density at radius 1 is 0.917 bits per heavy atom. The number of anilines is 1. The van der Waals surface area contributed by atoms with Crippen molar-refractivity contribution < 1.29 is 13.2 Å². The lowest BCUT2D eigenvalue weighted by Gasteiger charge is -2.26. The van der Waals surface area contributed by atoms with Crippen LogP contribution in [0.25, 0.3) is 21.0 Å². The molecule has 0 aliphatic carbocycles. The zero-order chi connectivity index (χ0) is 25.3. The van der Waals surface area contributed by atoms with Crippen molar-refractivity contribution in [3.63, 3.8) is 0 Å². The summed E-state index contributed by atoms with van der Waals surface area (Å²) in [5.41, 5.74) is 2.09. The van der Waals surface area contributed by atoms with E-state index in [4.69, 9.17) is 0 Å². The van der Waals surface area contributed by atoms with Crippen LogP contribution >= 0.6 is 11.3 Å². The number of nitrogens with one attached hydrogen (secondary N) is 1. The van der Waals surface area contributed by atoms with Crippen LogP contribution in [-0.2, 0) is 16.6 Å². The molecule has 1 heterocycles. The van der Waals surface area contributed by atoms with Gasteiger partial charge in [-0.1, -0.05) is 72.0 Å². The van der Waals surface area contributed by atoms with Crippen molar-refractivity contribution in [3.8, 4) is 0 Å². The van der Waals surface area contributed by atoms with E-state index >= 15 is 0 Å². The van der Waals surface area contributed by atoms with Crippen molar-refractivity contribution in [3.05, 3.63) is 102 Å². The van der Waals surface area contributed by atoms with Crippen LogP contribution in [0.3, 0.4) is 0 Å². The van der Waals surface area contributed by atoms with Gasteiger partial charge in [0.25, 0.3) is 5.91 Å². The van der Waals surface area contributed by atoms with Crippen LogP contribution in [0.15, 0.2) is 95.9 Å². The number of sulfonamides is 1. The molecule has 1 N–H and O–H groups in total. The highest BCUT2D eigenvalue weighted by Crippen LogP contribution is 2.33. The lowest BCUT2D eigenvalue weighted by atomic mass is 10.1. The highest BCUT2D eigenvalue weighted by atomic mass is 32.2. The molecule has 5 aromatic rings. The largest absolute Gasteiger partial charge is 0.298 e. The molecule has 0 aliphatic heterocycles. The number of carbonyl (C=O) groups excluding carboxylic acids is 1. The summed E-state index contributed by atoms with van der Waals surface area (Å²) in [6, 6.07) is 27.3. The summed E-state index contributed by atoms with van der Waals surface area (Å²) in [4.78, 5) is 17.6. The van der Waals surface area contributed by atoms with Crippen LogP contribution in [0.5, 0.6) is 0 Å². The maximum atomic E-state index is 13.4. The van der Waals surface area contributed by atoms with Crippen LogP contribution in [0.2, 0.25) is 0 Å². The molecule has 0 saturated heterocycles. The van der Waals surface area contributed by atoms with E-state index in [9.17, 15) is 13.2 Å². The number of aromatic nitrogens is 1. The van der Waals surface area contributed by atoms with Crippen LogP contribution < -0.4 is 5.32 Å². The monoisotopic (exact) mass is 515 g/mol. The Hall–Kier alpha value is -3.59. The van der Waals surface area contributed by atoms with Crippen LogP contribution in [0.1, 0.15) is 29.8 Å². The molecule has 0 radical (unpaired) electrons. The van der Waals surface area contributed by atoms with Gasteiger partial charge < -0.3 is 0 Å². The summed E-state index contributed by atoms with van der Waals surface area (Å²) in [7, 11) is -3.75. The van der Waals surface area contributed by atoms with Crippen LogP contribution in [-0.4, -0.2) is 29.7 Å². The molecule has 182 valence electrons. The molecule has 1 aromatic heterocycles. The fraction of sp³-hybridized carbons (Fsp3) is 0.143.